The van der Waals surface area contributed by atoms with Crippen LogP contribution in [0.15, 0.2) is 54.6 Å². The average molecular weight is 267 g/mol. The van der Waals surface area contributed by atoms with E-state index in [1.54, 1.807) is 0 Å². The number of hydrogen-bond acceptors (Lipinski definition) is 2. The average Bonchev–Trinajstić information content (AvgIpc) is 2.53. The lowest BCUT2D eigenvalue weighted by atomic mass is 10.0. The summed E-state index contributed by atoms with van der Waals surface area (Å²) in [4.78, 5) is 5.96. The van der Waals surface area contributed by atoms with Gasteiger partial charge in [0, 0.05) is 6.54 Å². The van der Waals surface area contributed by atoms with E-state index < -0.39 is 0 Å². The van der Waals surface area contributed by atoms with Crippen LogP contribution in [0.2, 0.25) is 0 Å². The summed E-state index contributed by atoms with van der Waals surface area (Å²) in [5, 5.41) is 2.07. The number of para-hydroxylation sites is 1. The first kappa shape index (κ1) is 13.2. The highest BCUT2D eigenvalue weighted by Gasteiger charge is 2.16. The SMILES string of the molecule is c1ccc(CCCON2CCCc3ccccc32)cc1. The first-order chi connectivity index (χ1) is 9.93. The molecule has 0 bridgehead atoms. The van der Waals surface area contributed by atoms with E-state index in [1.165, 1.54) is 29.7 Å². The molecule has 0 atom stereocenters. The second-order valence-corrected chi connectivity index (χ2v) is 5.26. The lowest BCUT2D eigenvalue weighted by molar-refractivity contribution is 0.102. The highest BCUT2D eigenvalue weighted by Crippen LogP contribution is 2.26. The van der Waals surface area contributed by atoms with Crippen molar-refractivity contribution in [2.45, 2.75) is 25.7 Å². The summed E-state index contributed by atoms with van der Waals surface area (Å²) in [6, 6.07) is 19.2. The molecular weight excluding hydrogens is 246 g/mol. The van der Waals surface area contributed by atoms with Gasteiger partial charge in [0.15, 0.2) is 0 Å². The fraction of sp³-hybridized carbons (Fsp3) is 0.333. The maximum Gasteiger partial charge on any atom is 0.0751 e. The molecule has 2 heteroatoms. The van der Waals surface area contributed by atoms with Crippen molar-refractivity contribution in [2.24, 2.45) is 0 Å². The Bertz CT molecular complexity index is 538. The van der Waals surface area contributed by atoms with Crippen molar-refractivity contribution in [1.82, 2.24) is 0 Å². The summed E-state index contributed by atoms with van der Waals surface area (Å²) in [5.74, 6) is 0. The van der Waals surface area contributed by atoms with Crippen LogP contribution in [0.3, 0.4) is 0 Å². The summed E-state index contributed by atoms with van der Waals surface area (Å²) in [5.41, 5.74) is 4.04. The largest absolute Gasteiger partial charge is 0.273 e. The third kappa shape index (κ3) is 3.20. The molecule has 2 nitrogen and oxygen atoms in total. The Morgan fingerprint density at radius 1 is 0.950 bits per heavy atom. The van der Waals surface area contributed by atoms with Gasteiger partial charge in [-0.25, -0.2) is 0 Å². The van der Waals surface area contributed by atoms with E-state index in [4.69, 9.17) is 4.84 Å². The molecule has 0 saturated heterocycles. The molecule has 0 saturated carbocycles. The maximum absolute atomic E-state index is 5.96. The van der Waals surface area contributed by atoms with Gasteiger partial charge in [-0.3, -0.25) is 9.90 Å². The van der Waals surface area contributed by atoms with Gasteiger partial charge in [0.25, 0.3) is 0 Å². The minimum atomic E-state index is 0.781. The van der Waals surface area contributed by atoms with Gasteiger partial charge in [0.05, 0.1) is 12.3 Å². The van der Waals surface area contributed by atoms with Crippen molar-refractivity contribution >= 4 is 5.69 Å². The van der Waals surface area contributed by atoms with Crippen LogP contribution in [0.25, 0.3) is 0 Å². The van der Waals surface area contributed by atoms with E-state index >= 15 is 0 Å². The van der Waals surface area contributed by atoms with Gasteiger partial charge < -0.3 is 0 Å². The van der Waals surface area contributed by atoms with E-state index in [9.17, 15) is 0 Å². The molecule has 0 spiro atoms. The van der Waals surface area contributed by atoms with Crippen molar-refractivity contribution in [3.8, 4) is 0 Å². The Balaban J connectivity index is 1.50. The molecule has 3 rings (SSSR count). The quantitative estimate of drug-likeness (QED) is 0.759. The molecule has 0 fully saturated rings. The zero-order chi connectivity index (χ0) is 13.6. The van der Waals surface area contributed by atoms with Gasteiger partial charge in [-0.05, 0) is 42.9 Å². The van der Waals surface area contributed by atoms with E-state index in [2.05, 4.69) is 59.7 Å². The highest BCUT2D eigenvalue weighted by molar-refractivity contribution is 5.53. The summed E-state index contributed by atoms with van der Waals surface area (Å²) in [6.07, 6.45) is 4.48. The minimum Gasteiger partial charge on any atom is -0.273 e. The van der Waals surface area contributed by atoms with Crippen molar-refractivity contribution < 1.29 is 4.84 Å². The number of fused-ring (bicyclic) bond motifs is 1. The Kier molecular flexibility index (Phi) is 4.34. The predicted molar refractivity (Wildman–Crippen MR) is 82.8 cm³/mol. The zero-order valence-corrected chi connectivity index (χ0v) is 11.8. The van der Waals surface area contributed by atoms with Crippen LogP contribution >= 0.6 is 0 Å². The third-order valence-corrected chi connectivity index (χ3v) is 3.77. The van der Waals surface area contributed by atoms with Gasteiger partial charge in [-0.2, -0.15) is 0 Å². The summed E-state index contributed by atoms with van der Waals surface area (Å²) in [7, 11) is 0. The van der Waals surface area contributed by atoms with Crippen LogP contribution in [0, 0.1) is 0 Å². The van der Waals surface area contributed by atoms with Crippen molar-refractivity contribution in [2.75, 3.05) is 18.2 Å². The molecule has 2 aromatic carbocycles. The highest BCUT2D eigenvalue weighted by atomic mass is 16.7. The fourth-order valence-corrected chi connectivity index (χ4v) is 2.73. The summed E-state index contributed by atoms with van der Waals surface area (Å²) in [6.45, 7) is 1.78. The lowest BCUT2D eigenvalue weighted by Gasteiger charge is -2.30. The maximum atomic E-state index is 5.96. The first-order valence-corrected chi connectivity index (χ1v) is 7.46. The summed E-state index contributed by atoms with van der Waals surface area (Å²) < 4.78 is 0. The molecule has 0 radical (unpaired) electrons. The van der Waals surface area contributed by atoms with Crippen LogP contribution in [-0.2, 0) is 17.7 Å². The standard InChI is InChI=1S/C18H21NO/c1-2-8-16(9-3-1)10-7-15-20-19-14-6-12-17-11-4-5-13-18(17)19/h1-5,8-9,11,13H,6-7,10,12,14-15H2. The van der Waals surface area contributed by atoms with Gasteiger partial charge in [0.2, 0.25) is 0 Å². The molecule has 20 heavy (non-hydrogen) atoms. The van der Waals surface area contributed by atoms with Crippen molar-refractivity contribution in [3.05, 3.63) is 65.7 Å². The second-order valence-electron chi connectivity index (χ2n) is 5.26. The van der Waals surface area contributed by atoms with Crippen LogP contribution < -0.4 is 5.06 Å². The van der Waals surface area contributed by atoms with Crippen LogP contribution in [0.5, 0.6) is 0 Å². The minimum absolute atomic E-state index is 0.781. The van der Waals surface area contributed by atoms with Crippen molar-refractivity contribution in [1.29, 1.82) is 0 Å². The van der Waals surface area contributed by atoms with E-state index in [0.29, 0.717) is 0 Å². The number of hydrogen-bond donors (Lipinski definition) is 0. The molecule has 0 aromatic heterocycles. The number of nitrogens with zero attached hydrogens (tertiary/aromatic N) is 1. The number of anilines is 1. The fourth-order valence-electron chi connectivity index (χ4n) is 2.73. The predicted octanol–water partition coefficient (Wildman–Crippen LogP) is 4.00. The Hall–Kier alpha value is -1.80. The molecule has 104 valence electrons. The molecular formula is C18H21NO. The second kappa shape index (κ2) is 6.58. The molecule has 1 aliphatic heterocycles. The van der Waals surface area contributed by atoms with E-state index in [-0.39, 0.29) is 0 Å². The van der Waals surface area contributed by atoms with Crippen molar-refractivity contribution in [3.63, 3.8) is 0 Å². The normalized spacial score (nSPS) is 14.1. The van der Waals surface area contributed by atoms with Crippen LogP contribution in [0.1, 0.15) is 24.0 Å². The number of hydroxylamine groups is 1. The van der Waals surface area contributed by atoms with Gasteiger partial charge in [-0.1, -0.05) is 48.5 Å². The van der Waals surface area contributed by atoms with Crippen LogP contribution in [-0.4, -0.2) is 13.2 Å². The van der Waals surface area contributed by atoms with Gasteiger partial charge in [-0.15, -0.1) is 0 Å². The Morgan fingerprint density at radius 3 is 2.65 bits per heavy atom. The Morgan fingerprint density at radius 2 is 1.75 bits per heavy atom. The van der Waals surface area contributed by atoms with Crippen LogP contribution in [0.4, 0.5) is 5.69 Å². The third-order valence-electron chi connectivity index (χ3n) is 3.77. The molecule has 2 aromatic rings. The monoisotopic (exact) mass is 267 g/mol. The first-order valence-electron chi connectivity index (χ1n) is 7.46. The zero-order valence-electron chi connectivity index (χ0n) is 11.8. The molecule has 0 N–H and O–H groups in total. The van der Waals surface area contributed by atoms with Gasteiger partial charge >= 0.3 is 0 Å². The number of rotatable bonds is 5. The molecule has 0 aliphatic carbocycles. The Labute approximate surface area is 120 Å². The molecule has 1 heterocycles. The van der Waals surface area contributed by atoms with Gasteiger partial charge in [0.1, 0.15) is 0 Å². The molecule has 1 aliphatic rings. The number of aryl methyl sites for hydroxylation is 2. The number of benzene rings is 2. The molecule has 0 amide bonds. The lowest BCUT2D eigenvalue weighted by Crippen LogP contribution is -2.30. The topological polar surface area (TPSA) is 12.5 Å². The smallest absolute Gasteiger partial charge is 0.0751 e. The summed E-state index contributed by atoms with van der Waals surface area (Å²) >= 11 is 0. The van der Waals surface area contributed by atoms with E-state index in [0.717, 1.165) is 26.0 Å². The molecule has 0 unspecified atom stereocenters. The van der Waals surface area contributed by atoms with E-state index in [1.807, 2.05) is 0 Å².